The molecule has 0 amide bonds. The molecule has 0 radical (unpaired) electrons. The smallest absolute Gasteiger partial charge is 1.00 e. The topological polar surface area (TPSA) is 66.2 Å². The Morgan fingerprint density at radius 1 is 1.43 bits per heavy atom. The third-order valence-corrected chi connectivity index (χ3v) is 0. The van der Waals surface area contributed by atoms with Crippen molar-refractivity contribution < 1.29 is 90.3 Å². The van der Waals surface area contributed by atoms with E-state index in [2.05, 4.69) is 0 Å². The van der Waals surface area contributed by atoms with E-state index in [1.165, 1.54) is 0 Å². The zero-order chi connectivity index (χ0) is 3.58. The van der Waals surface area contributed by atoms with Gasteiger partial charge in [-0.05, 0) is 0 Å². The number of hydrogen-bond acceptors (Lipinski definition) is 3. The molecule has 0 spiro atoms. The molecule has 4 nitrogen and oxygen atoms in total. The van der Waals surface area contributed by atoms with Gasteiger partial charge in [0.1, 0.15) is 0 Å². The van der Waals surface area contributed by atoms with Crippen LogP contribution in [0.1, 0.15) is 4.28 Å². The Kier molecular flexibility index (Phi) is 51.5. The minimum atomic E-state index is -1.75. The Bertz CT molecular complexity index is 46.7. The molecule has 0 aromatic heterocycles. The molecule has 0 saturated heterocycles. The first-order valence-electron chi connectivity index (χ1n) is 0.548. The van der Waals surface area contributed by atoms with E-state index >= 15 is 0 Å². The van der Waals surface area contributed by atoms with Crippen LogP contribution in [0, 0.1) is 15.3 Å². The van der Waals surface area contributed by atoms with Gasteiger partial charge >= 0.3 is 119 Å². The average Bonchev–Trinajstić information content (AvgIpc) is 0.811. The Labute approximate surface area is 140 Å². The van der Waals surface area contributed by atoms with Crippen molar-refractivity contribution in [3.63, 3.8) is 0 Å². The van der Waals surface area contributed by atoms with Crippen molar-refractivity contribution >= 4 is 37.7 Å². The van der Waals surface area contributed by atoms with Crippen molar-refractivity contribution in [1.29, 1.82) is 0 Å². The fourth-order valence-electron chi connectivity index (χ4n) is 0. The van der Waals surface area contributed by atoms with E-state index in [-0.39, 0.29) is 123 Å². The summed E-state index contributed by atoms with van der Waals surface area (Å²) < 4.78 is 0. The predicted molar refractivity (Wildman–Crippen MR) is 19.5 cm³/mol. The summed E-state index contributed by atoms with van der Waals surface area (Å²) >= 11 is 0. The van der Waals surface area contributed by atoms with Crippen LogP contribution in [-0.4, -0.2) is 42.8 Å². The molecule has 0 rings (SSSR count). The van der Waals surface area contributed by atoms with Crippen LogP contribution in [0.3, 0.4) is 0 Å². The van der Waals surface area contributed by atoms with Crippen LogP contribution >= 0.6 is 0 Å². The third kappa shape index (κ3) is 47.8. The van der Waals surface area contributed by atoms with Gasteiger partial charge in [-0.3, -0.25) is 0 Å². The second kappa shape index (κ2) is 16.0. The Morgan fingerprint density at radius 2 is 1.43 bits per heavy atom. The summed E-state index contributed by atoms with van der Waals surface area (Å²) in [6.07, 6.45) is 0. The molecule has 7 heteroatoms. The van der Waals surface area contributed by atoms with Gasteiger partial charge in [0.15, 0.2) is 0 Å². The van der Waals surface area contributed by atoms with Crippen LogP contribution in [0.2, 0.25) is 0 Å². The molecule has 7 heavy (non-hydrogen) atoms. The van der Waals surface area contributed by atoms with Crippen molar-refractivity contribution in [2.75, 3.05) is 0 Å². The van der Waals surface area contributed by atoms with Crippen molar-refractivity contribution in [2.24, 2.45) is 0 Å². The summed E-state index contributed by atoms with van der Waals surface area (Å²) in [7, 11) is 0. The van der Waals surface area contributed by atoms with Crippen LogP contribution in [0.4, 0.5) is 0 Å². The normalized spacial score (nSPS) is 3.43. The molecule has 0 N–H and O–H groups in total. The zero-order valence-corrected chi connectivity index (χ0v) is 11.7. The van der Waals surface area contributed by atoms with Crippen LogP contribution in [-0.2, 0) is 0 Å². The fraction of sp³-hybridized carbons (Fsp3) is 0. The monoisotopic (exact) mass is 167 g/mol. The van der Waals surface area contributed by atoms with Crippen LogP contribution in [0.15, 0.2) is 0 Å². The molecule has 0 aromatic carbocycles. The maximum Gasteiger partial charge on any atom is 2.00 e. The molecule has 0 aromatic rings. The minimum absolute atomic E-state index is 0. The molecular formula is H3CaKNNaO3. The zero-order valence-electron chi connectivity index (χ0n) is 7.38. The summed E-state index contributed by atoms with van der Waals surface area (Å²) in [6, 6.07) is 0. The van der Waals surface area contributed by atoms with E-state index in [9.17, 15) is 0 Å². The van der Waals surface area contributed by atoms with Crippen molar-refractivity contribution in [2.45, 2.75) is 0 Å². The van der Waals surface area contributed by atoms with E-state index < -0.39 is 5.09 Å². The maximum atomic E-state index is 8.25. The summed E-state index contributed by atoms with van der Waals surface area (Å²) in [4.78, 5) is 8.25. The average molecular weight is 167 g/mol. The van der Waals surface area contributed by atoms with E-state index in [1.54, 1.807) is 0 Å². The van der Waals surface area contributed by atoms with E-state index in [1.807, 2.05) is 0 Å². The second-order valence-corrected chi connectivity index (χ2v) is 0.224. The summed E-state index contributed by atoms with van der Waals surface area (Å²) in [5, 5.41) is 14.8. The van der Waals surface area contributed by atoms with Crippen LogP contribution in [0.25, 0.3) is 0 Å². The minimum Gasteiger partial charge on any atom is -1.00 e. The fourth-order valence-corrected chi connectivity index (χ4v) is 0. The third-order valence-electron chi connectivity index (χ3n) is 0. The van der Waals surface area contributed by atoms with Gasteiger partial charge in [0.25, 0.3) is 0 Å². The van der Waals surface area contributed by atoms with Gasteiger partial charge in [0.05, 0.1) is 5.09 Å². The van der Waals surface area contributed by atoms with Gasteiger partial charge in [0, 0.05) is 0 Å². The maximum absolute atomic E-state index is 8.25. The quantitative estimate of drug-likeness (QED) is 0.205. The van der Waals surface area contributed by atoms with Gasteiger partial charge in [-0.2, -0.15) is 0 Å². The molecule has 0 aliphatic rings. The second-order valence-electron chi connectivity index (χ2n) is 0.224. The number of rotatable bonds is 0. The van der Waals surface area contributed by atoms with Gasteiger partial charge in [0.2, 0.25) is 0 Å². The Balaban J connectivity index is -0.00000000300. The molecule has 0 aliphatic carbocycles. The molecular weight excluding hydrogens is 164 g/mol. The van der Waals surface area contributed by atoms with E-state index in [0.717, 1.165) is 0 Å². The standard InChI is InChI=1S/Ca.K.NO3.Na.3H/c;;2-1(3)4;;;;/q+2;+1;-1;+1;3*-1. The van der Waals surface area contributed by atoms with Gasteiger partial charge in [-0.1, -0.05) is 0 Å². The summed E-state index contributed by atoms with van der Waals surface area (Å²) in [5.41, 5.74) is 0. The first kappa shape index (κ1) is 22.5. The summed E-state index contributed by atoms with van der Waals surface area (Å²) in [5.74, 6) is 0. The molecule has 0 aliphatic heterocycles. The number of hydrogen-bond donors (Lipinski definition) is 0. The van der Waals surface area contributed by atoms with E-state index in [0.29, 0.717) is 0 Å². The van der Waals surface area contributed by atoms with Gasteiger partial charge in [-0.15, -0.1) is 0 Å². The summed E-state index contributed by atoms with van der Waals surface area (Å²) in [6.45, 7) is 0. The molecule has 0 bridgehead atoms. The molecule has 0 saturated carbocycles. The first-order chi connectivity index (χ1) is 1.73. The van der Waals surface area contributed by atoms with Crippen molar-refractivity contribution in [1.82, 2.24) is 0 Å². The van der Waals surface area contributed by atoms with Crippen LogP contribution in [0.5, 0.6) is 0 Å². The molecule has 0 fully saturated rings. The van der Waals surface area contributed by atoms with E-state index in [4.69, 9.17) is 15.3 Å². The van der Waals surface area contributed by atoms with Gasteiger partial charge < -0.3 is 19.6 Å². The molecule has 0 unspecified atom stereocenters. The molecule has 30 valence electrons. The predicted octanol–water partition coefficient (Wildman–Crippen LogP) is -6.27. The molecule has 0 atom stereocenters. The first-order valence-corrected chi connectivity index (χ1v) is 0.548. The number of nitrogens with zero attached hydrogens (tertiary/aromatic N) is 1. The Morgan fingerprint density at radius 3 is 1.43 bits per heavy atom. The largest absolute Gasteiger partial charge is 2.00 e. The molecule has 0 heterocycles. The van der Waals surface area contributed by atoms with Crippen LogP contribution < -0.4 is 80.9 Å². The van der Waals surface area contributed by atoms with Crippen molar-refractivity contribution in [3.8, 4) is 0 Å². The Hall–Kier alpha value is 3.10. The van der Waals surface area contributed by atoms with Crippen molar-refractivity contribution in [3.05, 3.63) is 15.3 Å². The van der Waals surface area contributed by atoms with Gasteiger partial charge in [-0.25, -0.2) is 0 Å². The SMILES string of the molecule is O=[N+]([O-])[O-].[Ca+2].[H-].[H-].[H-].[K+].[Na+].